The normalized spacial score (nSPS) is 31.5. The quantitative estimate of drug-likeness (QED) is 0.790. The summed E-state index contributed by atoms with van der Waals surface area (Å²) >= 11 is 0. The predicted octanol–water partition coefficient (Wildman–Crippen LogP) is 0.219. The molecule has 128 valence electrons. The van der Waals surface area contributed by atoms with Crippen LogP contribution in [0.25, 0.3) is 11.2 Å². The Hall–Kier alpha value is -2.30. The van der Waals surface area contributed by atoms with E-state index in [0.29, 0.717) is 17.0 Å². The van der Waals surface area contributed by atoms with Crippen molar-refractivity contribution in [1.82, 2.24) is 19.5 Å². The Bertz CT molecular complexity index is 834. The van der Waals surface area contributed by atoms with Crippen molar-refractivity contribution in [3.8, 4) is 0 Å². The summed E-state index contributed by atoms with van der Waals surface area (Å²) in [7, 11) is 0. The lowest BCUT2D eigenvalue weighted by Crippen LogP contribution is -2.35. The zero-order chi connectivity index (χ0) is 17.2. The number of aryl methyl sites for hydroxylation is 1. The molecule has 0 saturated carbocycles. The van der Waals surface area contributed by atoms with Crippen LogP contribution in [-0.4, -0.2) is 54.7 Å². The molecule has 0 aliphatic carbocycles. The van der Waals surface area contributed by atoms with Crippen LogP contribution in [0.3, 0.4) is 0 Å². The molecule has 24 heavy (non-hydrogen) atoms. The van der Waals surface area contributed by atoms with Crippen molar-refractivity contribution in [1.29, 1.82) is 0 Å². The summed E-state index contributed by atoms with van der Waals surface area (Å²) < 4.78 is 18.9. The van der Waals surface area contributed by atoms with E-state index in [0.717, 1.165) is 0 Å². The van der Waals surface area contributed by atoms with Crippen LogP contribution in [0.2, 0.25) is 0 Å². The maximum absolute atomic E-state index is 11.5. The number of carboxylic acids is 1. The molecule has 4 heterocycles. The number of rotatable bonds is 2. The van der Waals surface area contributed by atoms with Crippen LogP contribution in [-0.2, 0) is 19.0 Å². The monoisotopic (exact) mass is 335 g/mol. The minimum atomic E-state index is -1.14. The SMILES string of the molecule is Cc1nc(N)c2ncn(C3O[C@H](C(=O)O)C4OC(C)(C)OC43)c2n1. The van der Waals surface area contributed by atoms with E-state index in [4.69, 9.17) is 19.9 Å². The minimum Gasteiger partial charge on any atom is -0.479 e. The number of nitrogen functional groups attached to an aromatic ring is 1. The first-order valence-corrected chi connectivity index (χ1v) is 7.47. The van der Waals surface area contributed by atoms with E-state index in [9.17, 15) is 9.90 Å². The van der Waals surface area contributed by atoms with Gasteiger partial charge in [-0.1, -0.05) is 0 Å². The van der Waals surface area contributed by atoms with Gasteiger partial charge in [0.15, 0.2) is 29.6 Å². The summed E-state index contributed by atoms with van der Waals surface area (Å²) in [5.74, 6) is -1.27. The fourth-order valence-electron chi connectivity index (χ4n) is 3.24. The van der Waals surface area contributed by atoms with Crippen LogP contribution in [0.15, 0.2) is 6.33 Å². The molecule has 0 bridgehead atoms. The molecule has 10 heteroatoms. The highest BCUT2D eigenvalue weighted by molar-refractivity contribution is 5.81. The molecular weight excluding hydrogens is 318 g/mol. The Balaban J connectivity index is 1.80. The van der Waals surface area contributed by atoms with Gasteiger partial charge in [-0.15, -0.1) is 0 Å². The second-order valence-electron chi connectivity index (χ2n) is 6.33. The van der Waals surface area contributed by atoms with Gasteiger partial charge in [-0.05, 0) is 20.8 Å². The van der Waals surface area contributed by atoms with Crippen LogP contribution in [0, 0.1) is 6.92 Å². The van der Waals surface area contributed by atoms with Gasteiger partial charge in [0.2, 0.25) is 0 Å². The minimum absolute atomic E-state index is 0.254. The van der Waals surface area contributed by atoms with Gasteiger partial charge in [0.25, 0.3) is 0 Å². The van der Waals surface area contributed by atoms with E-state index in [2.05, 4.69) is 15.0 Å². The van der Waals surface area contributed by atoms with E-state index in [1.54, 1.807) is 25.3 Å². The first kappa shape index (κ1) is 15.2. The van der Waals surface area contributed by atoms with E-state index in [-0.39, 0.29) is 5.82 Å². The summed E-state index contributed by atoms with van der Waals surface area (Å²) in [6.07, 6.45) is -1.71. The topological polar surface area (TPSA) is 135 Å². The molecule has 3 unspecified atom stereocenters. The highest BCUT2D eigenvalue weighted by atomic mass is 16.8. The molecule has 0 radical (unpaired) electrons. The Morgan fingerprint density at radius 1 is 1.33 bits per heavy atom. The average Bonchev–Trinajstić information content (AvgIpc) is 3.09. The Labute approximate surface area is 136 Å². The number of fused-ring (bicyclic) bond motifs is 2. The van der Waals surface area contributed by atoms with Gasteiger partial charge in [-0.25, -0.2) is 19.7 Å². The zero-order valence-electron chi connectivity index (χ0n) is 13.3. The van der Waals surface area contributed by atoms with Gasteiger partial charge < -0.3 is 25.1 Å². The third-order valence-corrected chi connectivity index (χ3v) is 4.11. The van der Waals surface area contributed by atoms with Crippen LogP contribution in [0.5, 0.6) is 0 Å². The number of anilines is 1. The first-order valence-electron chi connectivity index (χ1n) is 7.47. The second-order valence-corrected chi connectivity index (χ2v) is 6.33. The molecule has 2 fully saturated rings. The van der Waals surface area contributed by atoms with Crippen molar-refractivity contribution in [2.75, 3.05) is 5.73 Å². The van der Waals surface area contributed by atoms with Gasteiger partial charge in [0.1, 0.15) is 23.5 Å². The summed E-state index contributed by atoms with van der Waals surface area (Å²) in [6, 6.07) is 0. The molecule has 0 spiro atoms. The molecule has 0 aromatic carbocycles. The average molecular weight is 335 g/mol. The van der Waals surface area contributed by atoms with E-state index < -0.39 is 36.3 Å². The largest absolute Gasteiger partial charge is 0.479 e. The van der Waals surface area contributed by atoms with E-state index in [1.807, 2.05) is 0 Å². The number of nitrogens with two attached hydrogens (primary N) is 1. The van der Waals surface area contributed by atoms with Crippen LogP contribution in [0.1, 0.15) is 25.9 Å². The molecular formula is C14H17N5O5. The van der Waals surface area contributed by atoms with Crippen molar-refractivity contribution in [3.05, 3.63) is 12.2 Å². The summed E-state index contributed by atoms with van der Waals surface area (Å²) in [4.78, 5) is 24.1. The first-order chi connectivity index (χ1) is 11.3. The zero-order valence-corrected chi connectivity index (χ0v) is 13.3. The standard InChI is InChI=1S/C14H17N5O5/c1-5-17-10(15)6-11(18-5)19(4-16-6)12-8-7(9(22-12)13(20)21)23-14(2,3)24-8/h4,7-9,12H,1-3H3,(H,20,21)(H2,15,17,18)/t7?,8?,9-,12?/m0/s1. The van der Waals surface area contributed by atoms with Gasteiger partial charge in [0.05, 0.1) is 6.33 Å². The Kier molecular flexibility index (Phi) is 3.08. The van der Waals surface area contributed by atoms with Gasteiger partial charge in [-0.3, -0.25) is 4.57 Å². The fourth-order valence-corrected chi connectivity index (χ4v) is 3.24. The number of imidazole rings is 1. The molecule has 10 nitrogen and oxygen atoms in total. The molecule has 2 aliphatic rings. The molecule has 2 aromatic heterocycles. The number of carboxylic acid groups (broad SMARTS) is 1. The molecule has 2 aliphatic heterocycles. The lowest BCUT2D eigenvalue weighted by molar-refractivity contribution is -0.202. The Morgan fingerprint density at radius 3 is 2.75 bits per heavy atom. The number of carbonyl (C=O) groups is 1. The third kappa shape index (κ3) is 2.14. The second kappa shape index (κ2) is 4.85. The maximum Gasteiger partial charge on any atom is 0.335 e. The summed E-state index contributed by atoms with van der Waals surface area (Å²) in [5, 5.41) is 9.42. The van der Waals surface area contributed by atoms with Crippen molar-refractivity contribution in [3.63, 3.8) is 0 Å². The van der Waals surface area contributed by atoms with Crippen LogP contribution < -0.4 is 5.73 Å². The number of aromatic nitrogens is 4. The number of aliphatic carboxylic acids is 1. The lowest BCUT2D eigenvalue weighted by Gasteiger charge is -2.23. The van der Waals surface area contributed by atoms with Crippen molar-refractivity contribution in [2.45, 2.75) is 51.1 Å². The Morgan fingerprint density at radius 2 is 2.04 bits per heavy atom. The number of hydrogen-bond acceptors (Lipinski definition) is 8. The predicted molar refractivity (Wildman–Crippen MR) is 79.8 cm³/mol. The van der Waals surface area contributed by atoms with E-state index >= 15 is 0 Å². The lowest BCUT2D eigenvalue weighted by atomic mass is 10.1. The summed E-state index contributed by atoms with van der Waals surface area (Å²) in [6.45, 7) is 5.18. The number of hydrogen-bond donors (Lipinski definition) is 2. The van der Waals surface area contributed by atoms with Crippen molar-refractivity contribution < 1.29 is 24.1 Å². The van der Waals surface area contributed by atoms with Gasteiger partial charge in [0, 0.05) is 0 Å². The van der Waals surface area contributed by atoms with Crippen molar-refractivity contribution in [2.24, 2.45) is 0 Å². The molecule has 2 saturated heterocycles. The molecule has 4 rings (SSSR count). The van der Waals surface area contributed by atoms with Crippen molar-refractivity contribution >= 4 is 23.0 Å². The number of ether oxygens (including phenoxy) is 3. The molecule has 0 amide bonds. The van der Waals surface area contributed by atoms with Crippen LogP contribution >= 0.6 is 0 Å². The molecule has 4 atom stereocenters. The number of nitrogens with zero attached hydrogens (tertiary/aromatic N) is 4. The van der Waals surface area contributed by atoms with Gasteiger partial charge >= 0.3 is 5.97 Å². The summed E-state index contributed by atoms with van der Waals surface area (Å²) in [5.41, 5.74) is 6.77. The highest BCUT2D eigenvalue weighted by Gasteiger charge is 2.58. The fraction of sp³-hybridized carbons (Fsp3) is 0.571. The van der Waals surface area contributed by atoms with E-state index in [1.165, 1.54) is 6.33 Å². The molecule has 2 aromatic rings. The van der Waals surface area contributed by atoms with Gasteiger partial charge in [-0.2, -0.15) is 0 Å². The highest BCUT2D eigenvalue weighted by Crippen LogP contribution is 2.43. The third-order valence-electron chi connectivity index (χ3n) is 4.11. The maximum atomic E-state index is 11.5. The van der Waals surface area contributed by atoms with Crippen LogP contribution in [0.4, 0.5) is 5.82 Å². The molecule has 3 N–H and O–H groups in total. The smallest absolute Gasteiger partial charge is 0.335 e.